The molecule has 6 nitrogen and oxygen atoms in total. The normalized spacial score (nSPS) is 24.2. The van der Waals surface area contributed by atoms with Gasteiger partial charge in [0.15, 0.2) is 0 Å². The molecule has 0 unspecified atom stereocenters. The number of hydrogen-bond acceptors (Lipinski definition) is 5. The molecule has 1 N–H and O–H groups in total. The van der Waals surface area contributed by atoms with Crippen LogP contribution >= 0.6 is 0 Å². The van der Waals surface area contributed by atoms with Crippen molar-refractivity contribution in [1.29, 1.82) is 0 Å². The van der Waals surface area contributed by atoms with Crippen molar-refractivity contribution in [2.45, 2.75) is 39.3 Å². The summed E-state index contributed by atoms with van der Waals surface area (Å²) in [6.07, 6.45) is 0.309. The Morgan fingerprint density at radius 3 is 2.52 bits per heavy atom. The van der Waals surface area contributed by atoms with Gasteiger partial charge < -0.3 is 14.9 Å². The van der Waals surface area contributed by atoms with E-state index in [2.05, 4.69) is 27.9 Å². The van der Waals surface area contributed by atoms with Crippen molar-refractivity contribution in [2.24, 2.45) is 0 Å². The van der Waals surface area contributed by atoms with Crippen LogP contribution in [-0.2, 0) is 0 Å². The third-order valence-corrected chi connectivity index (χ3v) is 6.68. The number of nitrogens with zero attached hydrogens (tertiary/aromatic N) is 4. The average Bonchev–Trinajstić information content (AvgIpc) is 2.70. The van der Waals surface area contributed by atoms with Gasteiger partial charge in [0.25, 0.3) is 5.91 Å². The molecule has 6 heteroatoms. The van der Waals surface area contributed by atoms with Gasteiger partial charge in [-0.1, -0.05) is 11.6 Å². The molecule has 2 aliphatic rings. The highest BCUT2D eigenvalue weighted by Gasteiger charge is 2.35. The summed E-state index contributed by atoms with van der Waals surface area (Å²) in [6.45, 7) is 11.1. The van der Waals surface area contributed by atoms with Crippen molar-refractivity contribution in [3.8, 4) is 0 Å². The third-order valence-electron chi connectivity index (χ3n) is 6.68. The van der Waals surface area contributed by atoms with Crippen LogP contribution in [0.25, 0.3) is 10.9 Å². The number of aliphatic hydroxyl groups excluding tert-OH is 1. The molecule has 0 saturated carbocycles. The van der Waals surface area contributed by atoms with Crippen LogP contribution in [0.4, 0.5) is 0 Å². The Morgan fingerprint density at radius 1 is 1.10 bits per heavy atom. The second kappa shape index (κ2) is 8.01. The van der Waals surface area contributed by atoms with Gasteiger partial charge in [-0.2, -0.15) is 0 Å². The Balaban J connectivity index is 1.57. The summed E-state index contributed by atoms with van der Waals surface area (Å²) in [6, 6.07) is 6.22. The van der Waals surface area contributed by atoms with E-state index in [0.29, 0.717) is 13.1 Å². The SMILES string of the molecule is Cc1ccc2nc(C)c(C)c(C(=O)N3CC[C@@H](N4CCN(C)CC4)[C@H](O)C3)c2c1. The number of carbonyl (C=O) groups excluding carboxylic acids is 1. The molecular formula is C23H32N4O2. The zero-order chi connectivity index (χ0) is 20.7. The molecule has 29 heavy (non-hydrogen) atoms. The first-order valence-corrected chi connectivity index (χ1v) is 10.6. The summed E-state index contributed by atoms with van der Waals surface area (Å²) in [4.78, 5) is 24.8. The Labute approximate surface area is 173 Å². The number of β-amino-alcohol motifs (C(OH)–C–C–N with tert-alkyl or cyclic N) is 1. The molecular weight excluding hydrogens is 364 g/mol. The lowest BCUT2D eigenvalue weighted by atomic mass is 9.95. The zero-order valence-electron chi connectivity index (χ0n) is 18.0. The van der Waals surface area contributed by atoms with Gasteiger partial charge in [-0.05, 0) is 51.9 Å². The number of piperazine rings is 1. The maximum Gasteiger partial charge on any atom is 0.254 e. The molecule has 1 aromatic carbocycles. The predicted molar refractivity (Wildman–Crippen MR) is 115 cm³/mol. The highest BCUT2D eigenvalue weighted by molar-refractivity contribution is 6.07. The number of fused-ring (bicyclic) bond motifs is 1. The lowest BCUT2D eigenvalue weighted by Gasteiger charge is -2.44. The average molecular weight is 397 g/mol. The minimum Gasteiger partial charge on any atom is -0.390 e. The van der Waals surface area contributed by atoms with Crippen LogP contribution in [0.5, 0.6) is 0 Å². The van der Waals surface area contributed by atoms with E-state index in [9.17, 15) is 9.90 Å². The first-order valence-electron chi connectivity index (χ1n) is 10.6. The summed E-state index contributed by atoms with van der Waals surface area (Å²) in [5, 5.41) is 11.8. The number of hydrogen-bond donors (Lipinski definition) is 1. The van der Waals surface area contributed by atoms with Gasteiger partial charge in [-0.3, -0.25) is 14.7 Å². The van der Waals surface area contributed by atoms with Crippen LogP contribution in [0, 0.1) is 20.8 Å². The molecule has 1 aromatic heterocycles. The Kier molecular flexibility index (Phi) is 5.60. The number of aliphatic hydroxyl groups is 1. The van der Waals surface area contributed by atoms with Crippen LogP contribution in [-0.4, -0.2) is 89.2 Å². The molecule has 2 fully saturated rings. The first-order chi connectivity index (χ1) is 13.8. The number of benzene rings is 1. The van der Waals surface area contributed by atoms with Crippen LogP contribution < -0.4 is 0 Å². The van der Waals surface area contributed by atoms with Crippen LogP contribution in [0.2, 0.25) is 0 Å². The lowest BCUT2D eigenvalue weighted by Crippen LogP contribution is -2.59. The van der Waals surface area contributed by atoms with Gasteiger partial charge in [-0.15, -0.1) is 0 Å². The summed E-state index contributed by atoms with van der Waals surface area (Å²) >= 11 is 0. The molecule has 156 valence electrons. The molecule has 2 aliphatic heterocycles. The monoisotopic (exact) mass is 396 g/mol. The molecule has 2 atom stereocenters. The minimum absolute atomic E-state index is 0.0134. The van der Waals surface area contributed by atoms with E-state index in [-0.39, 0.29) is 11.9 Å². The van der Waals surface area contributed by atoms with E-state index >= 15 is 0 Å². The highest BCUT2D eigenvalue weighted by atomic mass is 16.3. The van der Waals surface area contributed by atoms with E-state index < -0.39 is 6.10 Å². The molecule has 1 amide bonds. The quantitative estimate of drug-likeness (QED) is 0.841. The number of carbonyl (C=O) groups is 1. The van der Waals surface area contributed by atoms with Crippen LogP contribution in [0.3, 0.4) is 0 Å². The molecule has 4 rings (SSSR count). The smallest absolute Gasteiger partial charge is 0.254 e. The second-order valence-electron chi connectivity index (χ2n) is 8.73. The maximum atomic E-state index is 13.5. The number of pyridine rings is 1. The van der Waals surface area contributed by atoms with E-state index in [1.807, 2.05) is 37.8 Å². The molecule has 2 aromatic rings. The van der Waals surface area contributed by atoms with Gasteiger partial charge in [0, 0.05) is 56.4 Å². The molecule has 0 bridgehead atoms. The maximum absolute atomic E-state index is 13.5. The van der Waals surface area contributed by atoms with Crippen molar-refractivity contribution in [1.82, 2.24) is 19.7 Å². The van der Waals surface area contributed by atoms with Gasteiger partial charge in [-0.25, -0.2) is 0 Å². The molecule has 3 heterocycles. The Morgan fingerprint density at radius 2 is 1.83 bits per heavy atom. The topological polar surface area (TPSA) is 59.9 Å². The van der Waals surface area contributed by atoms with Gasteiger partial charge in [0.1, 0.15) is 0 Å². The fourth-order valence-electron chi connectivity index (χ4n) is 4.71. The summed E-state index contributed by atoms with van der Waals surface area (Å²) in [7, 11) is 2.14. The van der Waals surface area contributed by atoms with Gasteiger partial charge in [0.2, 0.25) is 0 Å². The van der Waals surface area contributed by atoms with Gasteiger partial charge in [0.05, 0.1) is 17.2 Å². The van der Waals surface area contributed by atoms with Crippen molar-refractivity contribution < 1.29 is 9.90 Å². The van der Waals surface area contributed by atoms with Crippen LogP contribution in [0.15, 0.2) is 18.2 Å². The minimum atomic E-state index is -0.507. The molecule has 0 aliphatic carbocycles. The third kappa shape index (κ3) is 3.89. The number of likely N-dealkylation sites (tertiary alicyclic amines) is 1. The fourth-order valence-corrected chi connectivity index (χ4v) is 4.71. The number of piperidine rings is 1. The lowest BCUT2D eigenvalue weighted by molar-refractivity contribution is -0.0219. The van der Waals surface area contributed by atoms with Crippen molar-refractivity contribution in [3.63, 3.8) is 0 Å². The van der Waals surface area contributed by atoms with Crippen molar-refractivity contribution in [2.75, 3.05) is 46.3 Å². The van der Waals surface area contributed by atoms with E-state index in [4.69, 9.17) is 0 Å². The number of amides is 1. The molecule has 2 saturated heterocycles. The van der Waals surface area contributed by atoms with Crippen LogP contribution in [0.1, 0.15) is 33.6 Å². The number of aromatic nitrogens is 1. The predicted octanol–water partition coefficient (Wildman–Crippen LogP) is 1.98. The molecule has 0 radical (unpaired) electrons. The first kappa shape index (κ1) is 20.3. The van der Waals surface area contributed by atoms with E-state index in [0.717, 1.165) is 65.9 Å². The highest BCUT2D eigenvalue weighted by Crippen LogP contribution is 2.27. The summed E-state index contributed by atoms with van der Waals surface area (Å²) in [5.41, 5.74) is 4.53. The molecule has 0 spiro atoms. The second-order valence-corrected chi connectivity index (χ2v) is 8.73. The van der Waals surface area contributed by atoms with Gasteiger partial charge >= 0.3 is 0 Å². The zero-order valence-corrected chi connectivity index (χ0v) is 18.0. The fraction of sp³-hybridized carbons (Fsp3) is 0.565. The number of likely N-dealkylation sites (N-methyl/N-ethyl adjacent to an activating group) is 1. The summed E-state index contributed by atoms with van der Waals surface area (Å²) in [5.74, 6) is 0.0134. The van der Waals surface area contributed by atoms with E-state index in [1.165, 1.54) is 0 Å². The van der Waals surface area contributed by atoms with Crippen molar-refractivity contribution in [3.05, 3.63) is 40.6 Å². The Hall–Kier alpha value is -2.02. The Bertz CT molecular complexity index is 921. The van der Waals surface area contributed by atoms with Crippen molar-refractivity contribution >= 4 is 16.8 Å². The number of aryl methyl sites for hydroxylation is 2. The standard InChI is InChI=1S/C23H32N4O2/c1-15-5-6-19-18(13-15)22(16(2)17(3)24-19)23(29)27-8-7-20(21(28)14-27)26-11-9-25(4)10-12-26/h5-6,13,20-21,28H,7-12,14H2,1-4H3/t20-,21-/m1/s1. The van der Waals surface area contributed by atoms with E-state index in [1.54, 1.807) is 0 Å². The number of rotatable bonds is 2. The summed E-state index contributed by atoms with van der Waals surface area (Å²) < 4.78 is 0. The largest absolute Gasteiger partial charge is 0.390 e.